The van der Waals surface area contributed by atoms with Crippen LogP contribution >= 0.6 is 21.7 Å². The molecule has 0 aliphatic heterocycles. The van der Waals surface area contributed by atoms with Crippen molar-refractivity contribution in [2.75, 3.05) is 0 Å². The van der Waals surface area contributed by atoms with E-state index in [0.29, 0.717) is 0 Å². The summed E-state index contributed by atoms with van der Waals surface area (Å²) in [6.45, 7) is 4.24. The van der Waals surface area contributed by atoms with Gasteiger partial charge in [0.15, 0.2) is 0 Å². The van der Waals surface area contributed by atoms with E-state index in [2.05, 4.69) is 32.0 Å². The lowest BCUT2D eigenvalue weighted by Gasteiger charge is -2.01. The minimum absolute atomic E-state index is 0.892. The second kappa shape index (κ2) is 4.03. The van der Waals surface area contributed by atoms with E-state index in [1.54, 1.807) is 0 Å². The third-order valence-electron chi connectivity index (χ3n) is 1.79. The van der Waals surface area contributed by atoms with Crippen LogP contribution in [-0.4, -0.2) is 0 Å². The maximum atomic E-state index is 5.54. The molecule has 0 saturated carbocycles. The van der Waals surface area contributed by atoms with Crippen LogP contribution in [0.15, 0.2) is 18.2 Å². The molecule has 0 amide bonds. The van der Waals surface area contributed by atoms with Crippen LogP contribution < -0.4 is 0 Å². The molecule has 2 heteroatoms. The Morgan fingerprint density at radius 1 is 1.27 bits per heavy atom. The van der Waals surface area contributed by atoms with Crippen molar-refractivity contribution in [3.05, 3.63) is 34.9 Å². The average molecular weight is 187 g/mol. The van der Waals surface area contributed by atoms with Crippen LogP contribution in [0, 0.1) is 13.8 Å². The van der Waals surface area contributed by atoms with Gasteiger partial charge in [0.1, 0.15) is 0 Å². The summed E-state index contributed by atoms with van der Waals surface area (Å²) in [6.07, 6.45) is 0. The second-order valence-corrected chi connectivity index (χ2v) is 3.83. The van der Waals surface area contributed by atoms with Crippen LogP contribution in [0.3, 0.4) is 0 Å². The van der Waals surface area contributed by atoms with Gasteiger partial charge in [-0.2, -0.15) is 0 Å². The Morgan fingerprint density at radius 3 is 2.55 bits per heavy atom. The molecule has 0 saturated heterocycles. The fraction of sp³-hybridized carbons (Fsp3) is 0.333. The number of halogens is 1. The Kier molecular flexibility index (Phi) is 3.28. The maximum Gasteiger partial charge on any atom is 0.0337 e. The Labute approximate surface area is 76.5 Å². The van der Waals surface area contributed by atoms with E-state index in [0.717, 1.165) is 5.75 Å². The lowest BCUT2D eigenvalue weighted by molar-refractivity contribution is 1.29. The SMILES string of the molecule is Cc1ccc(CSCl)cc1C. The molecule has 1 aromatic carbocycles. The van der Waals surface area contributed by atoms with Crippen molar-refractivity contribution >= 4 is 21.7 Å². The lowest BCUT2D eigenvalue weighted by Crippen LogP contribution is -1.83. The Hall–Kier alpha value is -0.140. The summed E-state index contributed by atoms with van der Waals surface area (Å²) in [4.78, 5) is 0. The molecule has 1 aromatic rings. The highest BCUT2D eigenvalue weighted by Gasteiger charge is 1.94. The standard InChI is InChI=1S/C9H11ClS/c1-7-3-4-9(6-11-10)5-8(7)2/h3-5H,6H2,1-2H3. The summed E-state index contributed by atoms with van der Waals surface area (Å²) in [7, 11) is 6.89. The summed E-state index contributed by atoms with van der Waals surface area (Å²) >= 11 is 0. The van der Waals surface area contributed by atoms with Gasteiger partial charge in [0.25, 0.3) is 0 Å². The number of benzene rings is 1. The van der Waals surface area contributed by atoms with Crippen molar-refractivity contribution in [3.63, 3.8) is 0 Å². The van der Waals surface area contributed by atoms with Crippen LogP contribution in [0.1, 0.15) is 16.7 Å². The van der Waals surface area contributed by atoms with E-state index in [9.17, 15) is 0 Å². The van der Waals surface area contributed by atoms with E-state index in [1.165, 1.54) is 27.7 Å². The lowest BCUT2D eigenvalue weighted by atomic mass is 10.1. The van der Waals surface area contributed by atoms with Crippen molar-refractivity contribution < 1.29 is 0 Å². The van der Waals surface area contributed by atoms with Gasteiger partial charge in [-0.15, -0.1) is 0 Å². The zero-order valence-corrected chi connectivity index (χ0v) is 8.30. The molecule has 60 valence electrons. The summed E-state index contributed by atoms with van der Waals surface area (Å²) in [5.74, 6) is 0.892. The third-order valence-corrected chi connectivity index (χ3v) is 2.56. The molecule has 0 bridgehead atoms. The summed E-state index contributed by atoms with van der Waals surface area (Å²) < 4.78 is 0. The first-order valence-electron chi connectivity index (χ1n) is 3.53. The molecule has 0 aliphatic carbocycles. The van der Waals surface area contributed by atoms with Crippen molar-refractivity contribution in [1.29, 1.82) is 0 Å². The topological polar surface area (TPSA) is 0 Å². The monoisotopic (exact) mass is 186 g/mol. The average Bonchev–Trinajstić information content (AvgIpc) is 1.98. The first-order valence-corrected chi connectivity index (χ1v) is 5.35. The molecule has 11 heavy (non-hydrogen) atoms. The number of hydrogen-bond acceptors (Lipinski definition) is 1. The Morgan fingerprint density at radius 2 is 2.00 bits per heavy atom. The number of rotatable bonds is 2. The summed E-state index contributed by atoms with van der Waals surface area (Å²) in [5.41, 5.74) is 3.98. The van der Waals surface area contributed by atoms with Gasteiger partial charge in [0.05, 0.1) is 0 Å². The maximum absolute atomic E-state index is 5.54. The van der Waals surface area contributed by atoms with E-state index < -0.39 is 0 Å². The molecule has 0 heterocycles. The van der Waals surface area contributed by atoms with Crippen LogP contribution in [0.2, 0.25) is 0 Å². The first kappa shape index (κ1) is 8.95. The van der Waals surface area contributed by atoms with Crippen LogP contribution in [0.5, 0.6) is 0 Å². The smallest absolute Gasteiger partial charge is 0.0337 e. The van der Waals surface area contributed by atoms with Crippen LogP contribution in [-0.2, 0) is 5.75 Å². The van der Waals surface area contributed by atoms with Gasteiger partial charge >= 0.3 is 0 Å². The highest BCUT2D eigenvalue weighted by Crippen LogP contribution is 2.17. The van der Waals surface area contributed by atoms with E-state index in [4.69, 9.17) is 10.7 Å². The molecule has 0 atom stereocenters. The predicted molar refractivity (Wildman–Crippen MR) is 53.1 cm³/mol. The minimum atomic E-state index is 0.892. The molecule has 0 unspecified atom stereocenters. The molecule has 0 radical (unpaired) electrons. The molecule has 0 spiro atoms. The van der Waals surface area contributed by atoms with Crippen LogP contribution in [0.4, 0.5) is 0 Å². The molecule has 0 nitrogen and oxygen atoms in total. The molecular formula is C9H11ClS. The number of aryl methyl sites for hydroxylation is 2. The van der Waals surface area contributed by atoms with Crippen molar-refractivity contribution in [2.45, 2.75) is 19.6 Å². The quantitative estimate of drug-likeness (QED) is 0.679. The fourth-order valence-corrected chi connectivity index (χ4v) is 1.64. The Bertz CT molecular complexity index is 245. The highest BCUT2D eigenvalue weighted by atomic mass is 35.7. The summed E-state index contributed by atoms with van der Waals surface area (Å²) in [5, 5.41) is 0. The van der Waals surface area contributed by atoms with Crippen LogP contribution in [0.25, 0.3) is 0 Å². The van der Waals surface area contributed by atoms with Gasteiger partial charge in [-0.1, -0.05) is 29.2 Å². The molecule has 0 aromatic heterocycles. The van der Waals surface area contributed by atoms with Crippen molar-refractivity contribution in [3.8, 4) is 0 Å². The van der Waals surface area contributed by atoms with E-state index in [-0.39, 0.29) is 0 Å². The van der Waals surface area contributed by atoms with E-state index >= 15 is 0 Å². The zero-order chi connectivity index (χ0) is 8.27. The number of hydrogen-bond donors (Lipinski definition) is 0. The van der Waals surface area contributed by atoms with Gasteiger partial charge in [0.2, 0.25) is 0 Å². The third kappa shape index (κ3) is 2.42. The fourth-order valence-electron chi connectivity index (χ4n) is 0.956. The predicted octanol–water partition coefficient (Wildman–Crippen LogP) is 3.69. The largest absolute Gasteiger partial charge is 0.0588 e. The normalized spacial score (nSPS) is 10.1. The molecule has 0 N–H and O–H groups in total. The first-order chi connectivity index (χ1) is 5.24. The summed E-state index contributed by atoms with van der Waals surface area (Å²) in [6, 6.07) is 6.44. The van der Waals surface area contributed by atoms with Gasteiger partial charge in [-0.05, 0) is 41.2 Å². The van der Waals surface area contributed by atoms with E-state index in [1.807, 2.05) is 0 Å². The minimum Gasteiger partial charge on any atom is -0.0588 e. The van der Waals surface area contributed by atoms with Crippen molar-refractivity contribution in [2.24, 2.45) is 0 Å². The van der Waals surface area contributed by atoms with Gasteiger partial charge in [0, 0.05) is 5.75 Å². The molecule has 0 aliphatic rings. The highest BCUT2D eigenvalue weighted by molar-refractivity contribution is 8.20. The molecular weight excluding hydrogens is 176 g/mol. The van der Waals surface area contributed by atoms with Gasteiger partial charge in [-0.25, -0.2) is 0 Å². The van der Waals surface area contributed by atoms with Gasteiger partial charge in [-0.3, -0.25) is 0 Å². The molecule has 0 fully saturated rings. The second-order valence-electron chi connectivity index (χ2n) is 2.67. The van der Waals surface area contributed by atoms with Crippen molar-refractivity contribution in [1.82, 2.24) is 0 Å². The van der Waals surface area contributed by atoms with Gasteiger partial charge < -0.3 is 0 Å². The Balaban J connectivity index is 2.86. The molecule has 1 rings (SSSR count). The zero-order valence-electron chi connectivity index (χ0n) is 6.73.